The number of carboxylic acids is 1. The van der Waals surface area contributed by atoms with Crippen LogP contribution in [0.25, 0.3) is 22.8 Å². The lowest BCUT2D eigenvalue weighted by atomic mass is 10.0. The molecule has 0 aliphatic rings. The van der Waals surface area contributed by atoms with E-state index in [1.54, 1.807) is 0 Å². The number of hydrogen-bond acceptors (Lipinski definition) is 6. The third kappa shape index (κ3) is 3.89. The van der Waals surface area contributed by atoms with E-state index in [9.17, 15) is 4.79 Å². The molecular weight excluding hydrogens is 332 g/mol. The fourth-order valence-corrected chi connectivity index (χ4v) is 2.49. The van der Waals surface area contributed by atoms with Crippen LogP contribution in [0.2, 0.25) is 0 Å². The maximum absolute atomic E-state index is 10.8. The second-order valence-corrected chi connectivity index (χ2v) is 6.21. The van der Waals surface area contributed by atoms with Gasteiger partial charge < -0.3 is 20.3 Å². The van der Waals surface area contributed by atoms with Gasteiger partial charge in [0.25, 0.3) is 5.89 Å². The molecule has 1 aromatic heterocycles. The molecule has 2 aromatic carbocycles. The molecule has 1 heterocycles. The van der Waals surface area contributed by atoms with Gasteiger partial charge in [0, 0.05) is 30.9 Å². The van der Waals surface area contributed by atoms with Crippen molar-refractivity contribution in [2.45, 2.75) is 12.5 Å². The summed E-state index contributed by atoms with van der Waals surface area (Å²) in [5, 5.41) is 12.9. The van der Waals surface area contributed by atoms with Crippen molar-refractivity contribution in [3.8, 4) is 22.8 Å². The van der Waals surface area contributed by atoms with Gasteiger partial charge in [-0.2, -0.15) is 4.98 Å². The Morgan fingerprint density at radius 1 is 1.12 bits per heavy atom. The molecular formula is C19H20N4O3. The van der Waals surface area contributed by atoms with Gasteiger partial charge in [-0.05, 0) is 36.2 Å². The van der Waals surface area contributed by atoms with Crippen LogP contribution in [0.5, 0.6) is 0 Å². The normalized spacial score (nSPS) is 12.0. The monoisotopic (exact) mass is 352 g/mol. The first-order valence-corrected chi connectivity index (χ1v) is 8.13. The molecule has 1 atom stereocenters. The Kier molecular flexibility index (Phi) is 4.99. The summed E-state index contributed by atoms with van der Waals surface area (Å²) >= 11 is 0. The van der Waals surface area contributed by atoms with Crippen LogP contribution in [0, 0.1) is 0 Å². The first-order valence-electron chi connectivity index (χ1n) is 8.13. The number of benzene rings is 2. The molecule has 0 fully saturated rings. The van der Waals surface area contributed by atoms with Gasteiger partial charge in [0.05, 0.1) is 0 Å². The molecule has 0 aliphatic carbocycles. The highest BCUT2D eigenvalue weighted by atomic mass is 16.5. The summed E-state index contributed by atoms with van der Waals surface area (Å²) in [6.07, 6.45) is 0.269. The number of carboxylic acid groups (broad SMARTS) is 1. The summed E-state index contributed by atoms with van der Waals surface area (Å²) in [4.78, 5) is 17.3. The van der Waals surface area contributed by atoms with Crippen molar-refractivity contribution >= 4 is 11.7 Å². The molecule has 0 saturated heterocycles. The number of carbonyl (C=O) groups is 1. The minimum absolute atomic E-state index is 0.269. The summed E-state index contributed by atoms with van der Waals surface area (Å²) < 4.78 is 5.36. The van der Waals surface area contributed by atoms with Crippen molar-refractivity contribution < 1.29 is 14.4 Å². The maximum atomic E-state index is 10.8. The van der Waals surface area contributed by atoms with E-state index in [1.165, 1.54) is 0 Å². The molecule has 26 heavy (non-hydrogen) atoms. The van der Waals surface area contributed by atoms with Gasteiger partial charge in [-0.15, -0.1) is 0 Å². The fourth-order valence-electron chi connectivity index (χ4n) is 2.49. The standard InChI is InChI=1S/C19H20N4O3/c1-23(2)15-9-7-14(8-10-15)18-21-17(22-26-18)13-5-3-12(4-6-13)11-16(20)19(24)25/h3-10,16H,11,20H2,1-2H3,(H,24,25)/t16-/m0/s1. The second kappa shape index (κ2) is 7.37. The van der Waals surface area contributed by atoms with E-state index in [-0.39, 0.29) is 6.42 Å². The minimum atomic E-state index is -1.02. The summed E-state index contributed by atoms with van der Waals surface area (Å²) in [7, 11) is 3.96. The summed E-state index contributed by atoms with van der Waals surface area (Å²) in [6, 6.07) is 14.2. The van der Waals surface area contributed by atoms with E-state index in [4.69, 9.17) is 15.4 Å². The first kappa shape index (κ1) is 17.6. The molecule has 0 spiro atoms. The van der Waals surface area contributed by atoms with E-state index in [1.807, 2.05) is 67.5 Å². The van der Waals surface area contributed by atoms with Crippen LogP contribution in [0.15, 0.2) is 53.1 Å². The van der Waals surface area contributed by atoms with Crippen molar-refractivity contribution in [2.24, 2.45) is 5.73 Å². The predicted octanol–water partition coefficient (Wildman–Crippen LogP) is 2.42. The summed E-state index contributed by atoms with van der Waals surface area (Å²) in [5.74, 6) is -0.0924. The Balaban J connectivity index is 1.76. The number of rotatable bonds is 6. The van der Waals surface area contributed by atoms with Crippen LogP contribution >= 0.6 is 0 Å². The zero-order chi connectivity index (χ0) is 18.7. The molecule has 3 rings (SSSR count). The fraction of sp³-hybridized carbons (Fsp3) is 0.211. The number of nitrogens with two attached hydrogens (primary N) is 1. The van der Waals surface area contributed by atoms with Gasteiger partial charge in [0.15, 0.2) is 0 Å². The Morgan fingerprint density at radius 2 is 1.73 bits per heavy atom. The van der Waals surface area contributed by atoms with Crippen LogP contribution in [-0.4, -0.2) is 41.4 Å². The topological polar surface area (TPSA) is 105 Å². The van der Waals surface area contributed by atoms with E-state index in [0.29, 0.717) is 11.7 Å². The highest BCUT2D eigenvalue weighted by Gasteiger charge is 2.14. The van der Waals surface area contributed by atoms with Crippen molar-refractivity contribution in [1.29, 1.82) is 0 Å². The lowest BCUT2D eigenvalue weighted by Crippen LogP contribution is -2.32. The van der Waals surface area contributed by atoms with Crippen LogP contribution < -0.4 is 10.6 Å². The smallest absolute Gasteiger partial charge is 0.320 e. The van der Waals surface area contributed by atoms with E-state index < -0.39 is 12.0 Å². The number of anilines is 1. The van der Waals surface area contributed by atoms with Crippen molar-refractivity contribution in [1.82, 2.24) is 10.1 Å². The maximum Gasteiger partial charge on any atom is 0.320 e. The van der Waals surface area contributed by atoms with Gasteiger partial charge in [-0.1, -0.05) is 29.4 Å². The molecule has 0 bridgehead atoms. The molecule has 0 radical (unpaired) electrons. The molecule has 0 unspecified atom stereocenters. The van der Waals surface area contributed by atoms with Crippen LogP contribution in [0.1, 0.15) is 5.56 Å². The minimum Gasteiger partial charge on any atom is -0.480 e. The molecule has 3 N–H and O–H groups in total. The van der Waals surface area contributed by atoms with Gasteiger partial charge in [-0.3, -0.25) is 4.79 Å². The van der Waals surface area contributed by atoms with E-state index in [0.717, 1.165) is 22.4 Å². The molecule has 0 amide bonds. The highest BCUT2D eigenvalue weighted by Crippen LogP contribution is 2.24. The van der Waals surface area contributed by atoms with Gasteiger partial charge in [-0.25, -0.2) is 0 Å². The molecule has 0 aliphatic heterocycles. The second-order valence-electron chi connectivity index (χ2n) is 6.21. The third-order valence-electron chi connectivity index (χ3n) is 4.04. The number of aliphatic carboxylic acids is 1. The third-order valence-corrected chi connectivity index (χ3v) is 4.04. The van der Waals surface area contributed by atoms with Crippen LogP contribution in [0.4, 0.5) is 5.69 Å². The molecule has 134 valence electrons. The van der Waals surface area contributed by atoms with E-state index in [2.05, 4.69) is 10.1 Å². The quantitative estimate of drug-likeness (QED) is 0.702. The molecule has 7 heteroatoms. The Bertz CT molecular complexity index is 886. The van der Waals surface area contributed by atoms with Gasteiger partial charge in [0.2, 0.25) is 5.82 Å². The van der Waals surface area contributed by atoms with Crippen molar-refractivity contribution in [3.63, 3.8) is 0 Å². The summed E-state index contributed by atoms with van der Waals surface area (Å²) in [6.45, 7) is 0. The zero-order valence-corrected chi connectivity index (χ0v) is 14.6. The van der Waals surface area contributed by atoms with Crippen LogP contribution in [-0.2, 0) is 11.2 Å². The van der Waals surface area contributed by atoms with E-state index >= 15 is 0 Å². The Labute approximate surface area is 151 Å². The molecule has 7 nitrogen and oxygen atoms in total. The lowest BCUT2D eigenvalue weighted by Gasteiger charge is -2.11. The summed E-state index contributed by atoms with van der Waals surface area (Å²) in [5.41, 5.74) is 9.11. The number of hydrogen-bond donors (Lipinski definition) is 2. The van der Waals surface area contributed by atoms with Crippen LogP contribution in [0.3, 0.4) is 0 Å². The average Bonchev–Trinajstić information content (AvgIpc) is 3.12. The number of aromatic nitrogens is 2. The Hall–Kier alpha value is -3.19. The SMILES string of the molecule is CN(C)c1ccc(-c2nc(-c3ccc(C[C@H](N)C(=O)O)cc3)no2)cc1. The van der Waals surface area contributed by atoms with Gasteiger partial charge >= 0.3 is 5.97 Å². The number of nitrogens with zero attached hydrogens (tertiary/aromatic N) is 3. The predicted molar refractivity (Wildman–Crippen MR) is 98.8 cm³/mol. The van der Waals surface area contributed by atoms with Crippen molar-refractivity contribution in [2.75, 3.05) is 19.0 Å². The molecule has 3 aromatic rings. The zero-order valence-electron chi connectivity index (χ0n) is 14.6. The lowest BCUT2D eigenvalue weighted by molar-refractivity contribution is -0.138. The van der Waals surface area contributed by atoms with Crippen molar-refractivity contribution in [3.05, 3.63) is 54.1 Å². The molecule has 0 saturated carbocycles. The van der Waals surface area contributed by atoms with Gasteiger partial charge in [0.1, 0.15) is 6.04 Å². The highest BCUT2D eigenvalue weighted by molar-refractivity contribution is 5.73. The largest absolute Gasteiger partial charge is 0.480 e. The average molecular weight is 352 g/mol. The Morgan fingerprint density at radius 3 is 2.31 bits per heavy atom. The first-order chi connectivity index (χ1) is 12.4.